The Morgan fingerprint density at radius 1 is 1.21 bits per heavy atom. The van der Waals surface area contributed by atoms with Crippen molar-refractivity contribution in [2.75, 3.05) is 6.54 Å². The fourth-order valence-corrected chi connectivity index (χ4v) is 5.26. The maximum Gasteiger partial charge on any atom is 0.334 e. The van der Waals surface area contributed by atoms with E-state index in [1.807, 2.05) is 0 Å². The highest BCUT2D eigenvalue weighted by Gasteiger charge is 2.65. The van der Waals surface area contributed by atoms with Crippen LogP contribution in [-0.2, 0) is 24.7 Å². The van der Waals surface area contributed by atoms with E-state index in [1.165, 1.54) is 31.2 Å². The summed E-state index contributed by atoms with van der Waals surface area (Å²) >= 11 is 0. The van der Waals surface area contributed by atoms with Gasteiger partial charge in [-0.2, -0.15) is 0 Å². The highest BCUT2D eigenvalue weighted by atomic mass is 19.1. The lowest BCUT2D eigenvalue weighted by molar-refractivity contribution is -0.161. The number of carbonyl (C=O) groups is 3. The molecule has 4 unspecified atom stereocenters. The van der Waals surface area contributed by atoms with Crippen LogP contribution in [0.2, 0.25) is 0 Å². The van der Waals surface area contributed by atoms with Crippen LogP contribution >= 0.6 is 0 Å². The number of nitrogens with zero attached hydrogens (tertiary/aromatic N) is 1. The molecular weight excluding hydrogens is 433 g/mol. The Morgan fingerprint density at radius 2 is 1.82 bits per heavy atom. The van der Waals surface area contributed by atoms with Crippen molar-refractivity contribution in [1.29, 1.82) is 0 Å². The number of cyclic esters (lactones) is 1. The Balaban J connectivity index is 2.16. The molecule has 4 atom stereocenters. The number of carboxylic acid groups (broad SMARTS) is 2. The van der Waals surface area contributed by atoms with Gasteiger partial charge in [0.1, 0.15) is 17.3 Å². The highest BCUT2D eigenvalue weighted by molar-refractivity contribution is 5.99. The molecule has 2 heterocycles. The molecule has 1 aromatic carbocycles. The van der Waals surface area contributed by atoms with Gasteiger partial charge in [-0.1, -0.05) is 26.0 Å². The number of carboxylic acids is 2. The Labute approximate surface area is 191 Å². The molecule has 1 aromatic rings. The molecule has 9 heteroatoms. The fraction of sp³-hybridized carbons (Fsp3) is 0.542. The third-order valence-electron chi connectivity index (χ3n) is 7.07. The lowest BCUT2D eigenvalue weighted by Gasteiger charge is -2.47. The van der Waals surface area contributed by atoms with Crippen molar-refractivity contribution in [3.63, 3.8) is 0 Å². The monoisotopic (exact) mass is 463 g/mol. The molecule has 0 aromatic heterocycles. The van der Waals surface area contributed by atoms with E-state index >= 15 is 0 Å². The zero-order valence-electron chi connectivity index (χ0n) is 19.2. The van der Waals surface area contributed by atoms with Crippen LogP contribution in [0.4, 0.5) is 4.39 Å². The van der Waals surface area contributed by atoms with Crippen LogP contribution in [0.25, 0.3) is 0 Å². The van der Waals surface area contributed by atoms with E-state index in [1.54, 1.807) is 25.7 Å². The number of benzene rings is 1. The zero-order valence-corrected chi connectivity index (χ0v) is 19.2. The number of aliphatic hydroxyl groups is 1. The summed E-state index contributed by atoms with van der Waals surface area (Å²) in [4.78, 5) is 38.7. The minimum absolute atomic E-state index is 0.0785. The minimum atomic E-state index is -1.86. The summed E-state index contributed by atoms with van der Waals surface area (Å²) in [5.41, 5.74) is -2.65. The fourth-order valence-electron chi connectivity index (χ4n) is 5.26. The van der Waals surface area contributed by atoms with Crippen LogP contribution in [0, 0.1) is 17.2 Å². The SMILES string of the molecule is CC(C)C1=C(C(=O)O)C(C)(C(=O)O)C(C)(c2ccc(F)cc2)N1CCC1CC(O)CC(=O)O1. The Hall–Kier alpha value is -2.94. The van der Waals surface area contributed by atoms with Gasteiger partial charge in [-0.3, -0.25) is 9.59 Å². The van der Waals surface area contributed by atoms with Gasteiger partial charge < -0.3 is 25.0 Å². The van der Waals surface area contributed by atoms with Crippen LogP contribution < -0.4 is 0 Å². The van der Waals surface area contributed by atoms with Gasteiger partial charge in [-0.25, -0.2) is 9.18 Å². The second kappa shape index (κ2) is 8.78. The van der Waals surface area contributed by atoms with Gasteiger partial charge in [0.25, 0.3) is 0 Å². The zero-order chi connectivity index (χ0) is 24.7. The number of rotatable bonds is 7. The number of allylic oxidation sites excluding steroid dienone is 1. The molecule has 33 heavy (non-hydrogen) atoms. The summed E-state index contributed by atoms with van der Waals surface area (Å²) < 4.78 is 19.1. The molecule has 1 saturated heterocycles. The number of hydrogen-bond acceptors (Lipinski definition) is 6. The predicted octanol–water partition coefficient (Wildman–Crippen LogP) is 2.90. The molecule has 180 valence electrons. The van der Waals surface area contributed by atoms with Crippen molar-refractivity contribution < 1.29 is 38.8 Å². The van der Waals surface area contributed by atoms with Gasteiger partial charge in [-0.15, -0.1) is 0 Å². The molecule has 0 spiro atoms. The molecule has 0 bridgehead atoms. The summed E-state index contributed by atoms with van der Waals surface area (Å²) in [6.07, 6.45) is -0.979. The number of aliphatic hydroxyl groups excluding tert-OH is 1. The number of halogens is 1. The topological polar surface area (TPSA) is 124 Å². The molecule has 3 N–H and O–H groups in total. The molecule has 0 saturated carbocycles. The van der Waals surface area contributed by atoms with Crippen molar-refractivity contribution in [1.82, 2.24) is 4.90 Å². The lowest BCUT2D eigenvalue weighted by atomic mass is 9.65. The first-order chi connectivity index (χ1) is 15.3. The first kappa shape index (κ1) is 24.7. The standard InChI is InChI=1S/C24H30FNO7/c1-13(2)20-19(21(29)30)23(3,22(31)32)24(4,14-5-7-15(25)8-6-14)26(20)10-9-17-11-16(27)12-18(28)33-17/h5-8,13,16-17,27H,9-12H2,1-4H3,(H,29,30)(H,31,32). The van der Waals surface area contributed by atoms with Crippen molar-refractivity contribution >= 4 is 17.9 Å². The van der Waals surface area contributed by atoms with E-state index in [0.717, 1.165) is 0 Å². The van der Waals surface area contributed by atoms with Gasteiger partial charge in [0.2, 0.25) is 0 Å². The summed E-state index contributed by atoms with van der Waals surface area (Å²) in [5, 5.41) is 30.4. The lowest BCUT2D eigenvalue weighted by Crippen LogP contribution is -2.54. The van der Waals surface area contributed by atoms with Crippen LogP contribution in [-0.4, -0.2) is 56.9 Å². The Bertz CT molecular complexity index is 989. The third-order valence-corrected chi connectivity index (χ3v) is 7.07. The van der Waals surface area contributed by atoms with Crippen molar-refractivity contribution in [3.8, 4) is 0 Å². The largest absolute Gasteiger partial charge is 0.481 e. The summed E-state index contributed by atoms with van der Waals surface area (Å²) in [7, 11) is 0. The minimum Gasteiger partial charge on any atom is -0.481 e. The van der Waals surface area contributed by atoms with E-state index in [-0.39, 0.29) is 37.3 Å². The van der Waals surface area contributed by atoms with Crippen molar-refractivity contribution in [3.05, 3.63) is 46.9 Å². The molecule has 2 aliphatic heterocycles. The molecule has 2 aliphatic rings. The number of esters is 1. The average Bonchev–Trinajstić information content (AvgIpc) is 2.92. The first-order valence-electron chi connectivity index (χ1n) is 11.0. The van der Waals surface area contributed by atoms with Crippen LogP contribution in [0.5, 0.6) is 0 Å². The van der Waals surface area contributed by atoms with Crippen LogP contribution in [0.3, 0.4) is 0 Å². The van der Waals surface area contributed by atoms with Gasteiger partial charge in [0.05, 0.1) is 23.6 Å². The second-order valence-electron chi connectivity index (χ2n) is 9.38. The Morgan fingerprint density at radius 3 is 2.30 bits per heavy atom. The summed E-state index contributed by atoms with van der Waals surface area (Å²) in [6.45, 7) is 6.78. The summed E-state index contributed by atoms with van der Waals surface area (Å²) in [6, 6.07) is 5.37. The van der Waals surface area contributed by atoms with E-state index in [0.29, 0.717) is 11.3 Å². The number of hydrogen-bond donors (Lipinski definition) is 3. The van der Waals surface area contributed by atoms with Gasteiger partial charge in [0.15, 0.2) is 0 Å². The summed E-state index contributed by atoms with van der Waals surface area (Å²) in [5.74, 6) is -3.99. The molecule has 3 rings (SSSR count). The Kier molecular flexibility index (Phi) is 6.57. The van der Waals surface area contributed by atoms with Gasteiger partial charge in [-0.05, 0) is 37.5 Å². The van der Waals surface area contributed by atoms with Crippen LogP contribution in [0.15, 0.2) is 35.5 Å². The quantitative estimate of drug-likeness (QED) is 0.528. The van der Waals surface area contributed by atoms with E-state index < -0.39 is 46.9 Å². The second-order valence-corrected chi connectivity index (χ2v) is 9.38. The molecule has 0 aliphatic carbocycles. The number of ether oxygens (including phenoxy) is 1. The molecular formula is C24H30FNO7. The molecule has 0 amide bonds. The maximum atomic E-state index is 13.7. The average molecular weight is 464 g/mol. The number of carbonyl (C=O) groups excluding carboxylic acids is 1. The first-order valence-corrected chi connectivity index (χ1v) is 11.0. The molecule has 0 radical (unpaired) electrons. The van der Waals surface area contributed by atoms with Crippen molar-refractivity contribution in [2.45, 2.75) is 64.7 Å². The van der Waals surface area contributed by atoms with E-state index in [9.17, 15) is 34.1 Å². The smallest absolute Gasteiger partial charge is 0.334 e. The van der Waals surface area contributed by atoms with Gasteiger partial charge >= 0.3 is 17.9 Å². The normalized spacial score (nSPS) is 30.0. The van der Waals surface area contributed by atoms with Crippen LogP contribution in [0.1, 0.15) is 52.5 Å². The maximum absolute atomic E-state index is 13.7. The van der Waals surface area contributed by atoms with Crippen molar-refractivity contribution in [2.24, 2.45) is 11.3 Å². The van der Waals surface area contributed by atoms with E-state index in [4.69, 9.17) is 4.74 Å². The predicted molar refractivity (Wildman–Crippen MR) is 115 cm³/mol. The highest BCUT2D eigenvalue weighted by Crippen LogP contribution is 2.58. The van der Waals surface area contributed by atoms with E-state index in [2.05, 4.69) is 0 Å². The molecule has 8 nitrogen and oxygen atoms in total. The third kappa shape index (κ3) is 3.99. The van der Waals surface area contributed by atoms with Gasteiger partial charge in [0, 0.05) is 25.1 Å². The molecule has 1 fully saturated rings. The number of aliphatic carboxylic acids is 2.